The van der Waals surface area contributed by atoms with Crippen LogP contribution in [0.4, 0.5) is 4.79 Å². The zero-order chi connectivity index (χ0) is 17.5. The maximum Gasteiger partial charge on any atom is 0.315 e. The molecular weight excluding hydrogens is 353 g/mol. The highest BCUT2D eigenvalue weighted by Gasteiger charge is 2.13. The molecule has 3 N–H and O–H groups in total. The van der Waals surface area contributed by atoms with Gasteiger partial charge < -0.3 is 20.4 Å². The normalized spacial score (nSPS) is 11.6. The number of benzene rings is 1. The van der Waals surface area contributed by atoms with Gasteiger partial charge in [-0.2, -0.15) is 0 Å². The van der Waals surface area contributed by atoms with Crippen molar-refractivity contribution in [3.63, 3.8) is 0 Å². The van der Waals surface area contributed by atoms with Crippen LogP contribution in [0.1, 0.15) is 29.1 Å². The van der Waals surface area contributed by atoms with Crippen LogP contribution in [0.15, 0.2) is 41.0 Å². The van der Waals surface area contributed by atoms with Gasteiger partial charge >= 0.3 is 6.03 Å². The predicted octanol–water partition coefficient (Wildman–Crippen LogP) is 3.38. The number of hydrogen-bond acceptors (Lipinski definition) is 3. The Morgan fingerprint density at radius 1 is 1.17 bits per heavy atom. The quantitative estimate of drug-likeness (QED) is 0.682. The van der Waals surface area contributed by atoms with Crippen molar-refractivity contribution in [3.8, 4) is 0 Å². The molecule has 24 heavy (non-hydrogen) atoms. The largest absolute Gasteiger partial charge is 0.459 e. The summed E-state index contributed by atoms with van der Waals surface area (Å²) >= 11 is 12.0. The molecule has 0 spiro atoms. The molecule has 0 aliphatic rings. The fourth-order valence-corrected chi connectivity index (χ4v) is 2.60. The first-order valence-corrected chi connectivity index (χ1v) is 8.04. The third kappa shape index (κ3) is 5.18. The van der Waals surface area contributed by atoms with Gasteiger partial charge in [0.05, 0.1) is 12.3 Å². The van der Waals surface area contributed by atoms with Gasteiger partial charge in [-0.15, -0.1) is 0 Å². The lowest BCUT2D eigenvalue weighted by molar-refractivity contribution is 0.0926. The van der Waals surface area contributed by atoms with Gasteiger partial charge in [-0.1, -0.05) is 29.3 Å². The van der Waals surface area contributed by atoms with Crippen LogP contribution in [-0.4, -0.2) is 25.0 Å². The summed E-state index contributed by atoms with van der Waals surface area (Å²) < 4.78 is 4.96. The lowest BCUT2D eigenvalue weighted by Crippen LogP contribution is -2.41. The van der Waals surface area contributed by atoms with Crippen molar-refractivity contribution in [2.45, 2.75) is 13.0 Å². The van der Waals surface area contributed by atoms with Gasteiger partial charge in [-0.25, -0.2) is 4.79 Å². The fourth-order valence-electron chi connectivity index (χ4n) is 2.03. The summed E-state index contributed by atoms with van der Waals surface area (Å²) in [7, 11) is 0. The average molecular weight is 370 g/mol. The number of halogens is 2. The SMILES string of the molecule is CC(NC(=O)NCCNC(=O)c1ccco1)c1ccc(Cl)cc1Cl. The molecule has 0 aliphatic carbocycles. The first-order chi connectivity index (χ1) is 11.5. The van der Waals surface area contributed by atoms with Crippen molar-refractivity contribution in [1.29, 1.82) is 0 Å². The Morgan fingerprint density at radius 3 is 2.58 bits per heavy atom. The lowest BCUT2D eigenvalue weighted by Gasteiger charge is -2.16. The van der Waals surface area contributed by atoms with E-state index in [0.29, 0.717) is 10.0 Å². The molecule has 0 saturated carbocycles. The number of furan rings is 1. The molecule has 2 aromatic rings. The maximum absolute atomic E-state index is 11.9. The van der Waals surface area contributed by atoms with E-state index in [9.17, 15) is 9.59 Å². The molecule has 6 nitrogen and oxygen atoms in total. The highest BCUT2D eigenvalue weighted by molar-refractivity contribution is 6.35. The zero-order valence-corrected chi connectivity index (χ0v) is 14.4. The highest BCUT2D eigenvalue weighted by Crippen LogP contribution is 2.25. The Labute approximate surface area is 149 Å². The first kappa shape index (κ1) is 18.2. The molecule has 0 aliphatic heterocycles. The minimum absolute atomic E-state index is 0.227. The second-order valence-corrected chi connectivity index (χ2v) is 5.86. The van der Waals surface area contributed by atoms with Gasteiger partial charge in [-0.3, -0.25) is 4.79 Å². The van der Waals surface area contributed by atoms with Gasteiger partial charge in [0, 0.05) is 23.1 Å². The Bertz CT molecular complexity index is 705. The van der Waals surface area contributed by atoms with Crippen molar-refractivity contribution in [1.82, 2.24) is 16.0 Å². The fraction of sp³-hybridized carbons (Fsp3) is 0.250. The molecule has 8 heteroatoms. The van der Waals surface area contributed by atoms with Crippen LogP contribution in [0.25, 0.3) is 0 Å². The van der Waals surface area contributed by atoms with Gasteiger partial charge in [0.25, 0.3) is 5.91 Å². The van der Waals surface area contributed by atoms with Crippen molar-refractivity contribution < 1.29 is 14.0 Å². The second-order valence-electron chi connectivity index (χ2n) is 5.02. The van der Waals surface area contributed by atoms with E-state index in [2.05, 4.69) is 16.0 Å². The monoisotopic (exact) mass is 369 g/mol. The highest BCUT2D eigenvalue weighted by atomic mass is 35.5. The van der Waals surface area contributed by atoms with Crippen molar-refractivity contribution in [3.05, 3.63) is 58.0 Å². The van der Waals surface area contributed by atoms with E-state index in [0.717, 1.165) is 5.56 Å². The molecule has 1 atom stereocenters. The van der Waals surface area contributed by atoms with Gasteiger partial charge in [0.1, 0.15) is 0 Å². The van der Waals surface area contributed by atoms with Crippen LogP contribution in [0, 0.1) is 0 Å². The molecule has 0 radical (unpaired) electrons. The molecule has 0 bridgehead atoms. The van der Waals surface area contributed by atoms with Gasteiger partial charge in [-0.05, 0) is 36.8 Å². The number of rotatable bonds is 6. The molecular formula is C16H17Cl2N3O3. The van der Waals surface area contributed by atoms with Crippen LogP contribution < -0.4 is 16.0 Å². The molecule has 1 aromatic heterocycles. The third-order valence-corrected chi connectivity index (χ3v) is 3.78. The minimum Gasteiger partial charge on any atom is -0.459 e. The van der Waals surface area contributed by atoms with E-state index in [1.807, 2.05) is 6.92 Å². The van der Waals surface area contributed by atoms with Crippen LogP contribution in [0.5, 0.6) is 0 Å². The van der Waals surface area contributed by atoms with Crippen molar-refractivity contribution in [2.24, 2.45) is 0 Å². The number of nitrogens with one attached hydrogen (secondary N) is 3. The van der Waals surface area contributed by atoms with E-state index in [-0.39, 0.29) is 36.8 Å². The smallest absolute Gasteiger partial charge is 0.315 e. The summed E-state index contributed by atoms with van der Waals surface area (Å²) in [5.41, 5.74) is 0.766. The number of carbonyl (C=O) groups excluding carboxylic acids is 2. The minimum atomic E-state index is -0.360. The van der Waals surface area contributed by atoms with Crippen LogP contribution >= 0.6 is 23.2 Å². The summed E-state index contributed by atoms with van der Waals surface area (Å²) in [5.74, 6) is -0.103. The van der Waals surface area contributed by atoms with E-state index < -0.39 is 0 Å². The Morgan fingerprint density at radius 2 is 1.92 bits per heavy atom. The number of amides is 3. The molecule has 0 saturated heterocycles. The van der Waals surface area contributed by atoms with Gasteiger partial charge in [0.2, 0.25) is 0 Å². The number of urea groups is 1. The van der Waals surface area contributed by atoms with E-state index in [4.69, 9.17) is 27.6 Å². The molecule has 2 rings (SSSR count). The maximum atomic E-state index is 11.9. The molecule has 1 aromatic carbocycles. The molecule has 1 unspecified atom stereocenters. The predicted molar refractivity (Wildman–Crippen MR) is 92.5 cm³/mol. The zero-order valence-electron chi connectivity index (χ0n) is 12.9. The molecule has 128 valence electrons. The third-order valence-electron chi connectivity index (χ3n) is 3.22. The first-order valence-electron chi connectivity index (χ1n) is 7.28. The molecule has 0 fully saturated rings. The van der Waals surface area contributed by atoms with E-state index in [1.165, 1.54) is 6.26 Å². The van der Waals surface area contributed by atoms with Crippen molar-refractivity contribution in [2.75, 3.05) is 13.1 Å². The average Bonchev–Trinajstić information content (AvgIpc) is 3.05. The van der Waals surface area contributed by atoms with Crippen LogP contribution in [0.3, 0.4) is 0 Å². The van der Waals surface area contributed by atoms with Crippen LogP contribution in [0.2, 0.25) is 10.0 Å². The van der Waals surface area contributed by atoms with E-state index in [1.54, 1.807) is 30.3 Å². The van der Waals surface area contributed by atoms with Gasteiger partial charge in [0.15, 0.2) is 5.76 Å². The Balaban J connectivity index is 1.72. The number of hydrogen-bond donors (Lipinski definition) is 3. The van der Waals surface area contributed by atoms with Crippen LogP contribution in [-0.2, 0) is 0 Å². The summed E-state index contributed by atoms with van der Waals surface area (Å²) in [5, 5.41) is 9.07. The molecule has 1 heterocycles. The second kappa shape index (κ2) is 8.61. The molecule has 3 amide bonds. The Kier molecular flexibility index (Phi) is 6.52. The summed E-state index contributed by atoms with van der Waals surface area (Å²) in [6.07, 6.45) is 1.42. The number of carbonyl (C=O) groups is 2. The lowest BCUT2D eigenvalue weighted by atomic mass is 10.1. The summed E-state index contributed by atoms with van der Waals surface area (Å²) in [4.78, 5) is 23.5. The van der Waals surface area contributed by atoms with E-state index >= 15 is 0 Å². The van der Waals surface area contributed by atoms with Crippen molar-refractivity contribution >= 4 is 35.1 Å². The summed E-state index contributed by atoms with van der Waals surface area (Å²) in [6.45, 7) is 2.37. The Hall–Kier alpha value is -2.18. The standard InChI is InChI=1S/C16H17Cl2N3O3/c1-10(12-5-4-11(17)9-13(12)18)21-16(23)20-7-6-19-15(22)14-3-2-8-24-14/h2-5,8-10H,6-7H2,1H3,(H,19,22)(H2,20,21,23). The summed E-state index contributed by atoms with van der Waals surface area (Å²) in [6, 6.07) is 7.64. The topological polar surface area (TPSA) is 83.4 Å².